The molecule has 4 heterocycles. The third-order valence-electron chi connectivity index (χ3n) is 12.1. The molecule has 4 aliphatic rings. The molecular formula is C39H45ClN8O4. The van der Waals surface area contributed by atoms with Gasteiger partial charge in [-0.05, 0) is 80.7 Å². The number of fused-ring (bicyclic) bond motifs is 4. The largest absolute Gasteiger partial charge is 0.469 e. The van der Waals surface area contributed by atoms with Gasteiger partial charge in [-0.15, -0.1) is 0 Å². The summed E-state index contributed by atoms with van der Waals surface area (Å²) in [7, 11) is 3.38. The van der Waals surface area contributed by atoms with Crippen LogP contribution in [0.3, 0.4) is 0 Å². The van der Waals surface area contributed by atoms with Crippen LogP contribution in [-0.2, 0) is 42.5 Å². The molecule has 2 aromatic carbocycles. The molecule has 2 aliphatic heterocycles. The van der Waals surface area contributed by atoms with Gasteiger partial charge >= 0.3 is 5.97 Å². The Morgan fingerprint density at radius 3 is 2.48 bits per heavy atom. The number of nitrogens with zero attached hydrogens (tertiary/aromatic N) is 4. The summed E-state index contributed by atoms with van der Waals surface area (Å²) in [5.41, 5.74) is 7.36. The Morgan fingerprint density at radius 1 is 0.962 bits per heavy atom. The third kappa shape index (κ3) is 6.10. The first-order valence-electron chi connectivity index (χ1n) is 18.2. The molecule has 0 radical (unpaired) electrons. The number of hydrogen-bond acceptors (Lipinski definition) is 8. The lowest BCUT2D eigenvalue weighted by Gasteiger charge is -2.32. The Kier molecular flexibility index (Phi) is 8.95. The second-order valence-corrected chi connectivity index (χ2v) is 15.5. The van der Waals surface area contributed by atoms with Gasteiger partial charge in [-0.25, -0.2) is 9.97 Å². The topological polar surface area (TPSA) is 146 Å². The molecule has 0 saturated heterocycles. The quantitative estimate of drug-likeness (QED) is 0.159. The lowest BCUT2D eigenvalue weighted by molar-refractivity contribution is -0.152. The smallest absolute Gasteiger partial charge is 0.311 e. The highest BCUT2D eigenvalue weighted by molar-refractivity contribution is 6.36. The molecule has 2 amide bonds. The van der Waals surface area contributed by atoms with Crippen molar-refractivity contribution in [2.75, 3.05) is 37.4 Å². The van der Waals surface area contributed by atoms with E-state index in [0.29, 0.717) is 35.3 Å². The van der Waals surface area contributed by atoms with Crippen LogP contribution in [0.1, 0.15) is 88.1 Å². The number of H-pyrrole nitrogens is 1. The highest BCUT2D eigenvalue weighted by Gasteiger charge is 2.58. The average molecular weight is 725 g/mol. The number of aromatic nitrogens is 4. The maximum atomic E-state index is 13.5. The van der Waals surface area contributed by atoms with Gasteiger partial charge in [0.15, 0.2) is 11.6 Å². The number of nitrogens with one attached hydrogen (secondary N) is 4. The maximum absolute atomic E-state index is 13.5. The molecule has 2 aliphatic carbocycles. The second kappa shape index (κ2) is 13.5. The number of imidazole rings is 2. The summed E-state index contributed by atoms with van der Waals surface area (Å²) >= 11 is 6.96. The lowest BCUT2D eigenvalue weighted by Crippen LogP contribution is -2.33. The second-order valence-electron chi connectivity index (χ2n) is 15.1. The number of methoxy groups -OCH3 is 1. The van der Waals surface area contributed by atoms with Crippen LogP contribution in [0.2, 0.25) is 5.02 Å². The van der Waals surface area contributed by atoms with E-state index in [0.717, 1.165) is 110 Å². The molecular weight excluding hydrogens is 680 g/mol. The number of halogens is 1. The number of carbonyl (C=O) groups is 3. The predicted octanol–water partition coefficient (Wildman–Crippen LogP) is 5.79. The van der Waals surface area contributed by atoms with Gasteiger partial charge in [0.05, 0.1) is 34.6 Å². The normalized spacial score (nSPS) is 22.2. The number of benzene rings is 2. The van der Waals surface area contributed by atoms with Crippen LogP contribution in [0.5, 0.6) is 0 Å². The minimum absolute atomic E-state index is 0.0349. The van der Waals surface area contributed by atoms with E-state index < -0.39 is 0 Å². The third-order valence-corrected chi connectivity index (χ3v) is 12.5. The molecule has 52 heavy (non-hydrogen) atoms. The summed E-state index contributed by atoms with van der Waals surface area (Å²) in [5.74, 6) is -0.0383. The van der Waals surface area contributed by atoms with Gasteiger partial charge in [-0.2, -0.15) is 0 Å². The van der Waals surface area contributed by atoms with Crippen molar-refractivity contribution in [2.45, 2.75) is 71.4 Å². The molecule has 2 saturated carbocycles. The van der Waals surface area contributed by atoms with Crippen molar-refractivity contribution in [3.05, 3.63) is 81.4 Å². The highest BCUT2D eigenvalue weighted by atomic mass is 35.5. The predicted molar refractivity (Wildman–Crippen MR) is 198 cm³/mol. The van der Waals surface area contributed by atoms with Crippen LogP contribution in [0.15, 0.2) is 36.4 Å². The van der Waals surface area contributed by atoms with Gasteiger partial charge < -0.3 is 30.2 Å². The molecule has 0 spiro atoms. The van der Waals surface area contributed by atoms with E-state index >= 15 is 0 Å². The number of anilines is 2. The van der Waals surface area contributed by atoms with Crippen molar-refractivity contribution >= 4 is 40.8 Å². The Hall–Kier alpha value is -4.52. The zero-order chi connectivity index (χ0) is 36.2. The van der Waals surface area contributed by atoms with Crippen LogP contribution in [0.25, 0.3) is 11.1 Å². The minimum atomic E-state index is -0.361. The monoisotopic (exact) mass is 724 g/mol. The van der Waals surface area contributed by atoms with Crippen molar-refractivity contribution in [3.63, 3.8) is 0 Å². The number of carbonyl (C=O) groups excluding carboxylic acids is 3. The molecule has 4 N–H and O–H groups in total. The molecule has 0 unspecified atom stereocenters. The van der Waals surface area contributed by atoms with E-state index in [1.54, 1.807) is 6.07 Å². The van der Waals surface area contributed by atoms with Gasteiger partial charge in [0.1, 0.15) is 0 Å². The van der Waals surface area contributed by atoms with E-state index in [9.17, 15) is 14.4 Å². The van der Waals surface area contributed by atoms with Crippen molar-refractivity contribution in [2.24, 2.45) is 17.9 Å². The molecule has 4 aromatic rings. The zero-order valence-corrected chi connectivity index (χ0v) is 30.7. The summed E-state index contributed by atoms with van der Waals surface area (Å²) in [6.07, 6.45) is 7.67. The van der Waals surface area contributed by atoms with Gasteiger partial charge in [0, 0.05) is 68.7 Å². The van der Waals surface area contributed by atoms with Gasteiger partial charge in [0.2, 0.25) is 0 Å². The fraction of sp³-hybridized carbons (Fsp3) is 0.462. The highest BCUT2D eigenvalue weighted by Crippen LogP contribution is 2.63. The molecule has 272 valence electrons. The number of aromatic amines is 1. The first-order valence-corrected chi connectivity index (χ1v) is 18.6. The number of esters is 1. The molecule has 0 atom stereocenters. The average Bonchev–Trinajstić information content (AvgIpc) is 3.94. The first kappa shape index (κ1) is 34.6. The Bertz CT molecular complexity index is 2080. The van der Waals surface area contributed by atoms with Gasteiger partial charge in [-0.3, -0.25) is 19.3 Å². The minimum Gasteiger partial charge on any atom is -0.469 e. The van der Waals surface area contributed by atoms with Gasteiger partial charge in [0.25, 0.3) is 11.8 Å². The maximum Gasteiger partial charge on any atom is 0.311 e. The van der Waals surface area contributed by atoms with Gasteiger partial charge in [-0.1, -0.05) is 35.9 Å². The van der Waals surface area contributed by atoms with Crippen LogP contribution in [-0.4, -0.2) is 68.9 Å². The number of rotatable bonds is 9. The Labute approximate surface area is 308 Å². The van der Waals surface area contributed by atoms with E-state index in [4.69, 9.17) is 21.3 Å². The van der Waals surface area contributed by atoms with Crippen molar-refractivity contribution in [1.82, 2.24) is 29.7 Å². The van der Waals surface area contributed by atoms with Crippen molar-refractivity contribution < 1.29 is 19.1 Å². The fourth-order valence-electron chi connectivity index (χ4n) is 9.12. The Morgan fingerprint density at radius 2 is 1.71 bits per heavy atom. The summed E-state index contributed by atoms with van der Waals surface area (Å²) in [4.78, 5) is 54.4. The van der Waals surface area contributed by atoms with Crippen LogP contribution >= 0.6 is 11.6 Å². The number of ether oxygens (including phenoxy) is 1. The van der Waals surface area contributed by atoms with Crippen molar-refractivity contribution in [1.29, 1.82) is 0 Å². The van der Waals surface area contributed by atoms with E-state index in [1.807, 2.05) is 48.9 Å². The molecule has 12 nitrogen and oxygen atoms in total. The lowest BCUT2D eigenvalue weighted by atomic mass is 9.80. The number of amides is 2. The van der Waals surface area contributed by atoms with E-state index in [1.165, 1.54) is 7.11 Å². The molecule has 2 aromatic heterocycles. The summed E-state index contributed by atoms with van der Waals surface area (Å²) in [6.45, 7) is 5.97. The number of hydrogen-bond donors (Lipinski definition) is 4. The first-order chi connectivity index (χ1) is 25.1. The van der Waals surface area contributed by atoms with E-state index in [2.05, 4.69) is 30.8 Å². The standard InChI is InChI=1S/C39H45ClN8O4/c1-23-24(6-4-8-26(23)45-36(50)34-44-29-20-41-17-10-31(29)47(34)2)25-7-5-9-28(32(25)40)46-35(49)33-42-27-11-18-48(21-30(27)43-33)19-16-38-12-14-39(22-38,15-13-38)37(51)52-3/h4-9,41H,10-22H2,1-3H3,(H,42,43)(H,45,50)(H,46,49). The van der Waals surface area contributed by atoms with Crippen LogP contribution in [0.4, 0.5) is 11.4 Å². The van der Waals surface area contributed by atoms with E-state index in [-0.39, 0.29) is 34.4 Å². The van der Waals surface area contributed by atoms with Crippen molar-refractivity contribution in [3.8, 4) is 11.1 Å². The summed E-state index contributed by atoms with van der Waals surface area (Å²) < 4.78 is 7.03. The summed E-state index contributed by atoms with van der Waals surface area (Å²) in [5, 5.41) is 9.72. The summed E-state index contributed by atoms with van der Waals surface area (Å²) in [6, 6.07) is 11.2. The fourth-order valence-corrected chi connectivity index (χ4v) is 9.39. The SMILES string of the molecule is COC(=O)C12CCC(CCN3CCc4[nH]c(C(=O)Nc5cccc(-c6cccc(NC(=O)c7nc8c(n7C)CCNC8)c6C)c5Cl)nc4C3)(CC1)C2. The van der Waals surface area contributed by atoms with Crippen LogP contribution in [0, 0.1) is 17.8 Å². The Balaban J connectivity index is 0.926. The molecule has 8 rings (SSSR count). The molecule has 2 fully saturated rings. The zero-order valence-electron chi connectivity index (χ0n) is 30.0. The molecule has 2 bridgehead atoms. The molecule has 13 heteroatoms. The van der Waals surface area contributed by atoms with Crippen LogP contribution < -0.4 is 16.0 Å².